The Labute approximate surface area is 153 Å². The Morgan fingerprint density at radius 2 is 1.88 bits per heavy atom. The topological polar surface area (TPSA) is 75.7 Å². The Balaban J connectivity index is 1.74. The van der Waals surface area contributed by atoms with Crippen molar-refractivity contribution in [2.24, 2.45) is 0 Å². The molecule has 2 aromatic rings. The van der Waals surface area contributed by atoms with E-state index in [1.807, 2.05) is 30.3 Å². The SMILES string of the molecule is CNS(=O)(=O)c1ccc2c(c1)CN(C(=O)Cc1ccc(OC)cc1)CC2. The van der Waals surface area contributed by atoms with E-state index in [1.165, 1.54) is 7.05 Å². The molecule has 0 unspecified atom stereocenters. The van der Waals surface area contributed by atoms with E-state index in [2.05, 4.69) is 4.72 Å². The molecule has 3 rings (SSSR count). The number of hydrogen-bond acceptors (Lipinski definition) is 4. The van der Waals surface area contributed by atoms with Crippen LogP contribution < -0.4 is 9.46 Å². The third-order valence-corrected chi connectivity index (χ3v) is 6.05. The summed E-state index contributed by atoms with van der Waals surface area (Å²) in [5, 5.41) is 0. The molecule has 0 atom stereocenters. The molecule has 0 bridgehead atoms. The lowest BCUT2D eigenvalue weighted by Gasteiger charge is -2.29. The first kappa shape index (κ1) is 18.4. The van der Waals surface area contributed by atoms with Crippen molar-refractivity contribution in [3.63, 3.8) is 0 Å². The lowest BCUT2D eigenvalue weighted by Crippen LogP contribution is -2.37. The summed E-state index contributed by atoms with van der Waals surface area (Å²) in [4.78, 5) is 14.6. The smallest absolute Gasteiger partial charge is 0.240 e. The van der Waals surface area contributed by atoms with Crippen molar-refractivity contribution in [3.8, 4) is 5.75 Å². The Bertz CT molecular complexity index is 908. The standard InChI is InChI=1S/C19H22N2O4S/c1-20-26(23,24)18-8-5-15-9-10-21(13-16(15)12-18)19(22)11-14-3-6-17(25-2)7-4-14/h3-8,12,20H,9-11,13H2,1-2H3. The number of benzene rings is 2. The largest absolute Gasteiger partial charge is 0.497 e. The minimum atomic E-state index is -3.49. The molecule has 1 amide bonds. The molecule has 7 heteroatoms. The van der Waals surface area contributed by atoms with Gasteiger partial charge in [-0.1, -0.05) is 18.2 Å². The number of nitrogens with zero attached hydrogens (tertiary/aromatic N) is 1. The zero-order valence-corrected chi connectivity index (χ0v) is 15.7. The number of fused-ring (bicyclic) bond motifs is 1. The first-order chi connectivity index (χ1) is 12.4. The maximum Gasteiger partial charge on any atom is 0.240 e. The van der Waals surface area contributed by atoms with Gasteiger partial charge in [0.1, 0.15) is 5.75 Å². The Morgan fingerprint density at radius 3 is 2.54 bits per heavy atom. The number of amides is 1. The second-order valence-electron chi connectivity index (χ2n) is 6.23. The summed E-state index contributed by atoms with van der Waals surface area (Å²) in [6, 6.07) is 12.5. The molecule has 1 N–H and O–H groups in total. The minimum Gasteiger partial charge on any atom is -0.497 e. The molecule has 1 aliphatic rings. The highest BCUT2D eigenvalue weighted by Crippen LogP contribution is 2.23. The monoisotopic (exact) mass is 374 g/mol. The van der Waals surface area contributed by atoms with E-state index in [4.69, 9.17) is 4.74 Å². The van der Waals surface area contributed by atoms with Crippen LogP contribution in [0.3, 0.4) is 0 Å². The molecule has 0 saturated heterocycles. The highest BCUT2D eigenvalue weighted by molar-refractivity contribution is 7.89. The summed E-state index contributed by atoms with van der Waals surface area (Å²) >= 11 is 0. The summed E-state index contributed by atoms with van der Waals surface area (Å²) in [5.74, 6) is 0.786. The van der Waals surface area contributed by atoms with Crippen molar-refractivity contribution in [1.82, 2.24) is 9.62 Å². The molecule has 26 heavy (non-hydrogen) atoms. The average molecular weight is 374 g/mol. The van der Waals surface area contributed by atoms with Crippen molar-refractivity contribution >= 4 is 15.9 Å². The van der Waals surface area contributed by atoms with Crippen LogP contribution in [-0.2, 0) is 34.2 Å². The van der Waals surface area contributed by atoms with Crippen LogP contribution >= 0.6 is 0 Å². The molecular formula is C19H22N2O4S. The number of ether oxygens (including phenoxy) is 1. The van der Waals surface area contributed by atoms with Crippen molar-refractivity contribution < 1.29 is 17.9 Å². The van der Waals surface area contributed by atoms with Gasteiger partial charge in [0.25, 0.3) is 0 Å². The molecule has 0 fully saturated rings. The molecular weight excluding hydrogens is 352 g/mol. The second kappa shape index (κ2) is 7.47. The normalized spacial score (nSPS) is 14.0. The van der Waals surface area contributed by atoms with Crippen LogP contribution in [0.1, 0.15) is 16.7 Å². The summed E-state index contributed by atoms with van der Waals surface area (Å²) in [5.41, 5.74) is 2.90. The third-order valence-electron chi connectivity index (χ3n) is 4.64. The van der Waals surface area contributed by atoms with Crippen LogP contribution in [0.25, 0.3) is 0 Å². The zero-order valence-electron chi connectivity index (χ0n) is 14.9. The minimum absolute atomic E-state index is 0.0303. The number of sulfonamides is 1. The fourth-order valence-corrected chi connectivity index (χ4v) is 3.84. The highest BCUT2D eigenvalue weighted by Gasteiger charge is 2.23. The van der Waals surface area contributed by atoms with Gasteiger partial charge in [-0.25, -0.2) is 13.1 Å². The quantitative estimate of drug-likeness (QED) is 0.865. The van der Waals surface area contributed by atoms with Gasteiger partial charge in [-0.2, -0.15) is 0 Å². The fourth-order valence-electron chi connectivity index (χ4n) is 3.06. The van der Waals surface area contributed by atoms with Gasteiger partial charge in [-0.15, -0.1) is 0 Å². The molecule has 6 nitrogen and oxygen atoms in total. The van der Waals surface area contributed by atoms with Gasteiger partial charge in [0, 0.05) is 13.1 Å². The van der Waals surface area contributed by atoms with Crippen LogP contribution in [0.15, 0.2) is 47.4 Å². The van der Waals surface area contributed by atoms with E-state index in [0.29, 0.717) is 19.5 Å². The van der Waals surface area contributed by atoms with Crippen LogP contribution in [0, 0.1) is 0 Å². The summed E-state index contributed by atoms with van der Waals surface area (Å²) < 4.78 is 31.4. The predicted octanol–water partition coefficient (Wildman–Crippen LogP) is 1.73. The third kappa shape index (κ3) is 3.89. The zero-order chi connectivity index (χ0) is 18.7. The molecule has 0 aliphatic carbocycles. The van der Waals surface area contributed by atoms with E-state index in [0.717, 1.165) is 28.9 Å². The molecule has 138 valence electrons. The Hall–Kier alpha value is -2.38. The lowest BCUT2D eigenvalue weighted by atomic mass is 9.99. The number of nitrogens with one attached hydrogen (secondary N) is 1. The number of hydrogen-bond donors (Lipinski definition) is 1. The van der Waals surface area contributed by atoms with Gasteiger partial charge in [0.05, 0.1) is 18.4 Å². The fraction of sp³-hybridized carbons (Fsp3) is 0.316. The second-order valence-corrected chi connectivity index (χ2v) is 8.11. The Kier molecular flexibility index (Phi) is 5.29. The van der Waals surface area contributed by atoms with Crippen molar-refractivity contribution in [3.05, 3.63) is 59.2 Å². The van der Waals surface area contributed by atoms with Gasteiger partial charge >= 0.3 is 0 Å². The molecule has 0 radical (unpaired) electrons. The summed E-state index contributed by atoms with van der Waals surface area (Å²) in [7, 11) is -0.497. The molecule has 2 aromatic carbocycles. The molecule has 0 spiro atoms. The van der Waals surface area contributed by atoms with Crippen LogP contribution in [0.5, 0.6) is 5.75 Å². The van der Waals surface area contributed by atoms with E-state index < -0.39 is 10.0 Å². The van der Waals surface area contributed by atoms with Crippen molar-refractivity contribution in [1.29, 1.82) is 0 Å². The Morgan fingerprint density at radius 1 is 1.15 bits per heavy atom. The number of carbonyl (C=O) groups excluding carboxylic acids is 1. The van der Waals surface area contributed by atoms with E-state index in [9.17, 15) is 13.2 Å². The van der Waals surface area contributed by atoms with E-state index >= 15 is 0 Å². The number of methoxy groups -OCH3 is 1. The highest BCUT2D eigenvalue weighted by atomic mass is 32.2. The molecule has 1 heterocycles. The van der Waals surface area contributed by atoms with Gasteiger partial charge in [-0.3, -0.25) is 4.79 Å². The number of carbonyl (C=O) groups is 1. The maximum absolute atomic E-state index is 12.6. The van der Waals surface area contributed by atoms with Crippen LogP contribution in [0.4, 0.5) is 0 Å². The summed E-state index contributed by atoms with van der Waals surface area (Å²) in [6.45, 7) is 1.07. The van der Waals surface area contributed by atoms with Gasteiger partial charge in [0.2, 0.25) is 15.9 Å². The van der Waals surface area contributed by atoms with E-state index in [-0.39, 0.29) is 10.8 Å². The maximum atomic E-state index is 12.6. The van der Waals surface area contributed by atoms with Gasteiger partial charge < -0.3 is 9.64 Å². The van der Waals surface area contributed by atoms with Crippen molar-refractivity contribution in [2.75, 3.05) is 20.7 Å². The number of rotatable bonds is 5. The molecule has 1 aliphatic heterocycles. The van der Waals surface area contributed by atoms with Crippen LogP contribution in [-0.4, -0.2) is 39.9 Å². The lowest BCUT2D eigenvalue weighted by molar-refractivity contribution is -0.131. The average Bonchev–Trinajstić information content (AvgIpc) is 2.67. The first-order valence-corrected chi connectivity index (χ1v) is 9.87. The summed E-state index contributed by atoms with van der Waals surface area (Å²) in [6.07, 6.45) is 1.04. The van der Waals surface area contributed by atoms with Gasteiger partial charge in [0.15, 0.2) is 0 Å². The molecule has 0 saturated carbocycles. The first-order valence-electron chi connectivity index (χ1n) is 8.39. The van der Waals surface area contributed by atoms with Crippen molar-refractivity contribution in [2.45, 2.75) is 24.3 Å². The van der Waals surface area contributed by atoms with Gasteiger partial charge in [-0.05, 0) is 54.4 Å². The molecule has 0 aromatic heterocycles. The van der Waals surface area contributed by atoms with E-state index in [1.54, 1.807) is 24.1 Å². The van der Waals surface area contributed by atoms with Crippen LogP contribution in [0.2, 0.25) is 0 Å². The predicted molar refractivity (Wildman–Crippen MR) is 98.5 cm³/mol.